The topological polar surface area (TPSA) is 81.1 Å². The van der Waals surface area contributed by atoms with Crippen molar-refractivity contribution in [1.82, 2.24) is 0 Å². The largest absolute Gasteiger partial charge is 0.399 e. The summed E-state index contributed by atoms with van der Waals surface area (Å²) >= 11 is 0. The van der Waals surface area contributed by atoms with Gasteiger partial charge in [-0.15, -0.1) is 0 Å². The van der Waals surface area contributed by atoms with Crippen LogP contribution in [0.1, 0.15) is 18.1 Å². The van der Waals surface area contributed by atoms with Crippen LogP contribution in [-0.4, -0.2) is 5.91 Å². The Morgan fingerprint density at radius 1 is 1.11 bits per heavy atom. The molecule has 19 heavy (non-hydrogen) atoms. The van der Waals surface area contributed by atoms with Crippen LogP contribution in [0.4, 0.5) is 17.1 Å². The van der Waals surface area contributed by atoms with E-state index in [4.69, 9.17) is 11.5 Å². The van der Waals surface area contributed by atoms with Crippen molar-refractivity contribution in [3.8, 4) is 0 Å². The number of nitrogens with two attached hydrogens (primary N) is 2. The van der Waals surface area contributed by atoms with Crippen LogP contribution >= 0.6 is 0 Å². The van der Waals surface area contributed by atoms with E-state index in [9.17, 15) is 4.79 Å². The molecule has 0 aliphatic rings. The van der Waals surface area contributed by atoms with E-state index >= 15 is 0 Å². The van der Waals surface area contributed by atoms with Crippen molar-refractivity contribution in [1.29, 1.82) is 0 Å². The van der Waals surface area contributed by atoms with Crippen LogP contribution in [0.3, 0.4) is 0 Å². The zero-order valence-corrected chi connectivity index (χ0v) is 10.8. The molecule has 5 N–H and O–H groups in total. The second-order valence-electron chi connectivity index (χ2n) is 4.52. The molecule has 0 bridgehead atoms. The van der Waals surface area contributed by atoms with E-state index in [0.717, 1.165) is 23.2 Å². The number of anilines is 3. The average molecular weight is 255 g/mol. The molecule has 2 aromatic rings. The van der Waals surface area contributed by atoms with Gasteiger partial charge in [-0.2, -0.15) is 0 Å². The van der Waals surface area contributed by atoms with Crippen molar-refractivity contribution < 1.29 is 4.79 Å². The van der Waals surface area contributed by atoms with Crippen molar-refractivity contribution in [2.24, 2.45) is 0 Å². The molecule has 0 heterocycles. The number of carbonyl (C=O) groups excluding carboxylic acids is 1. The molecule has 0 saturated heterocycles. The third-order valence-corrected chi connectivity index (χ3v) is 2.79. The first-order valence-electron chi connectivity index (χ1n) is 6.05. The Kier molecular flexibility index (Phi) is 3.71. The van der Waals surface area contributed by atoms with Gasteiger partial charge >= 0.3 is 0 Å². The van der Waals surface area contributed by atoms with Gasteiger partial charge < -0.3 is 16.8 Å². The maximum atomic E-state index is 11.0. The summed E-state index contributed by atoms with van der Waals surface area (Å²) in [7, 11) is 0. The van der Waals surface area contributed by atoms with E-state index < -0.39 is 0 Å². The summed E-state index contributed by atoms with van der Waals surface area (Å²) in [5.41, 5.74) is 15.8. The zero-order valence-electron chi connectivity index (χ0n) is 10.8. The molecule has 0 saturated carbocycles. The average Bonchev–Trinajstić information content (AvgIpc) is 2.32. The quantitative estimate of drug-likeness (QED) is 0.737. The van der Waals surface area contributed by atoms with E-state index in [1.165, 1.54) is 6.92 Å². The molecular weight excluding hydrogens is 238 g/mol. The van der Waals surface area contributed by atoms with Gasteiger partial charge in [0.25, 0.3) is 0 Å². The summed E-state index contributed by atoms with van der Waals surface area (Å²) < 4.78 is 0. The number of hydrogen-bond donors (Lipinski definition) is 3. The molecule has 4 heteroatoms. The summed E-state index contributed by atoms with van der Waals surface area (Å²) in [4.78, 5) is 11.0. The Morgan fingerprint density at radius 2 is 1.84 bits per heavy atom. The van der Waals surface area contributed by atoms with Gasteiger partial charge in [0.1, 0.15) is 0 Å². The van der Waals surface area contributed by atoms with Crippen LogP contribution in [0.15, 0.2) is 42.5 Å². The lowest BCUT2D eigenvalue weighted by Gasteiger charge is -2.09. The Hall–Kier alpha value is -2.49. The maximum Gasteiger partial charge on any atom is 0.221 e. The van der Waals surface area contributed by atoms with Gasteiger partial charge in [-0.3, -0.25) is 4.79 Å². The Bertz CT molecular complexity index is 608. The minimum atomic E-state index is -0.129. The van der Waals surface area contributed by atoms with E-state index in [2.05, 4.69) is 5.32 Å². The molecule has 2 rings (SSSR count). The molecule has 0 spiro atoms. The monoisotopic (exact) mass is 255 g/mol. The molecule has 2 aromatic carbocycles. The lowest BCUT2D eigenvalue weighted by atomic mass is 10.0. The first kappa shape index (κ1) is 13.0. The fourth-order valence-electron chi connectivity index (χ4n) is 1.96. The lowest BCUT2D eigenvalue weighted by molar-refractivity contribution is -0.114. The number of rotatable bonds is 3. The number of hydrogen-bond acceptors (Lipinski definition) is 3. The fraction of sp³-hybridized carbons (Fsp3) is 0.133. The third-order valence-electron chi connectivity index (χ3n) is 2.79. The predicted molar refractivity (Wildman–Crippen MR) is 78.8 cm³/mol. The third kappa shape index (κ3) is 3.48. The highest BCUT2D eigenvalue weighted by atomic mass is 16.1. The van der Waals surface area contributed by atoms with Crippen LogP contribution in [0.25, 0.3) is 0 Å². The Morgan fingerprint density at radius 3 is 2.47 bits per heavy atom. The first-order valence-corrected chi connectivity index (χ1v) is 6.05. The van der Waals surface area contributed by atoms with Crippen molar-refractivity contribution >= 4 is 23.0 Å². The number of carbonyl (C=O) groups is 1. The van der Waals surface area contributed by atoms with Crippen LogP contribution in [0.5, 0.6) is 0 Å². The van der Waals surface area contributed by atoms with Gasteiger partial charge in [-0.25, -0.2) is 0 Å². The SMILES string of the molecule is CC(=O)Nc1ccc(Cc2cccc(N)c2)cc1N. The molecule has 0 atom stereocenters. The first-order chi connectivity index (χ1) is 9.04. The highest BCUT2D eigenvalue weighted by Crippen LogP contribution is 2.22. The summed E-state index contributed by atoms with van der Waals surface area (Å²) in [5, 5.41) is 2.69. The zero-order chi connectivity index (χ0) is 13.8. The van der Waals surface area contributed by atoms with Crippen LogP contribution in [0, 0.1) is 0 Å². The fourth-order valence-corrected chi connectivity index (χ4v) is 1.96. The van der Waals surface area contributed by atoms with E-state index in [1.54, 1.807) is 0 Å². The second-order valence-corrected chi connectivity index (χ2v) is 4.52. The summed E-state index contributed by atoms with van der Waals surface area (Å²) in [6, 6.07) is 13.4. The maximum absolute atomic E-state index is 11.0. The molecule has 98 valence electrons. The Labute approximate surface area is 112 Å². The minimum absolute atomic E-state index is 0.129. The minimum Gasteiger partial charge on any atom is -0.399 e. The van der Waals surface area contributed by atoms with E-state index in [0.29, 0.717) is 11.4 Å². The molecule has 0 unspecified atom stereocenters. The van der Waals surface area contributed by atoms with Crippen molar-refractivity contribution in [3.05, 3.63) is 53.6 Å². The summed E-state index contributed by atoms with van der Waals surface area (Å²) in [6.45, 7) is 1.46. The van der Waals surface area contributed by atoms with Gasteiger partial charge in [0, 0.05) is 12.6 Å². The van der Waals surface area contributed by atoms with E-state index in [-0.39, 0.29) is 5.91 Å². The molecule has 1 amide bonds. The smallest absolute Gasteiger partial charge is 0.221 e. The molecular formula is C15H17N3O. The van der Waals surface area contributed by atoms with Crippen molar-refractivity contribution in [2.45, 2.75) is 13.3 Å². The van der Waals surface area contributed by atoms with Crippen molar-refractivity contribution in [3.63, 3.8) is 0 Å². The number of amides is 1. The number of benzene rings is 2. The van der Waals surface area contributed by atoms with E-state index in [1.807, 2.05) is 42.5 Å². The van der Waals surface area contributed by atoms with Gasteiger partial charge in [-0.05, 0) is 41.8 Å². The highest BCUT2D eigenvalue weighted by molar-refractivity contribution is 5.92. The van der Waals surface area contributed by atoms with Gasteiger partial charge in [0.05, 0.1) is 11.4 Å². The van der Waals surface area contributed by atoms with Crippen LogP contribution < -0.4 is 16.8 Å². The second kappa shape index (κ2) is 5.44. The lowest BCUT2D eigenvalue weighted by Crippen LogP contribution is -2.08. The van der Waals surface area contributed by atoms with Gasteiger partial charge in [-0.1, -0.05) is 18.2 Å². The normalized spacial score (nSPS) is 10.2. The molecule has 0 aliphatic carbocycles. The predicted octanol–water partition coefficient (Wildman–Crippen LogP) is 2.40. The molecule has 0 radical (unpaired) electrons. The number of nitrogen functional groups attached to an aromatic ring is 2. The van der Waals surface area contributed by atoms with Gasteiger partial charge in [0.15, 0.2) is 0 Å². The summed E-state index contributed by atoms with van der Waals surface area (Å²) in [5.74, 6) is -0.129. The summed E-state index contributed by atoms with van der Waals surface area (Å²) in [6.07, 6.45) is 0.760. The standard InChI is InChI=1S/C15H17N3O/c1-10(19)18-15-6-5-12(9-14(15)17)7-11-3-2-4-13(16)8-11/h2-6,8-9H,7,16-17H2,1H3,(H,18,19). The Balaban J connectivity index is 2.18. The van der Waals surface area contributed by atoms with Crippen LogP contribution in [0.2, 0.25) is 0 Å². The highest BCUT2D eigenvalue weighted by Gasteiger charge is 2.03. The van der Waals surface area contributed by atoms with Crippen molar-refractivity contribution in [2.75, 3.05) is 16.8 Å². The van der Waals surface area contributed by atoms with Crippen LogP contribution in [-0.2, 0) is 11.2 Å². The molecule has 0 fully saturated rings. The van der Waals surface area contributed by atoms with Gasteiger partial charge in [0.2, 0.25) is 5.91 Å². The molecule has 0 aliphatic heterocycles. The molecule has 4 nitrogen and oxygen atoms in total. The number of nitrogens with one attached hydrogen (secondary N) is 1. The molecule has 0 aromatic heterocycles.